The van der Waals surface area contributed by atoms with Gasteiger partial charge in [0.1, 0.15) is 12.3 Å². The highest BCUT2D eigenvalue weighted by molar-refractivity contribution is 5.68. The van der Waals surface area contributed by atoms with Crippen LogP contribution in [0.5, 0.6) is 0 Å². The molecule has 0 spiro atoms. The number of ether oxygens (including phenoxy) is 1. The molecule has 1 aliphatic heterocycles. The first kappa shape index (κ1) is 14.2. The molecule has 5 heteroatoms. The molecule has 1 amide bonds. The van der Waals surface area contributed by atoms with Crippen LogP contribution in [0.3, 0.4) is 0 Å². The van der Waals surface area contributed by atoms with Crippen LogP contribution in [0.15, 0.2) is 0 Å². The molecule has 1 heterocycles. The summed E-state index contributed by atoms with van der Waals surface area (Å²) >= 11 is 0. The number of hydrogen-bond donors (Lipinski definition) is 1. The minimum Gasteiger partial charge on any atom is -0.444 e. The van der Waals surface area contributed by atoms with Crippen LogP contribution < -0.4 is 5.32 Å². The Labute approximate surface area is 102 Å². The van der Waals surface area contributed by atoms with Crippen molar-refractivity contribution in [1.82, 2.24) is 10.2 Å². The maximum atomic E-state index is 12.5. The molecule has 1 rings (SSSR count). The molecule has 100 valence electrons. The van der Waals surface area contributed by atoms with E-state index in [-0.39, 0.29) is 12.6 Å². The predicted molar refractivity (Wildman–Crippen MR) is 64.8 cm³/mol. The summed E-state index contributed by atoms with van der Waals surface area (Å²) in [5.41, 5.74) is -0.529. The summed E-state index contributed by atoms with van der Waals surface area (Å²) < 4.78 is 17.8. The quantitative estimate of drug-likeness (QED) is 0.827. The number of nitrogens with one attached hydrogen (secondary N) is 1. The van der Waals surface area contributed by atoms with Crippen molar-refractivity contribution in [2.24, 2.45) is 0 Å². The SMILES string of the molecule is CC(C)(C)OC(=O)N(CCF)C1CCNCC1. The summed E-state index contributed by atoms with van der Waals surface area (Å²) in [6, 6.07) is 0.0989. The van der Waals surface area contributed by atoms with E-state index in [0.717, 1.165) is 25.9 Å². The Morgan fingerprint density at radius 1 is 1.41 bits per heavy atom. The molecule has 0 radical (unpaired) electrons. The molecule has 0 aromatic carbocycles. The zero-order chi connectivity index (χ0) is 12.9. The highest BCUT2D eigenvalue weighted by atomic mass is 19.1. The van der Waals surface area contributed by atoms with E-state index >= 15 is 0 Å². The number of piperidine rings is 1. The minimum atomic E-state index is -0.529. The number of carbonyl (C=O) groups excluding carboxylic acids is 1. The summed E-state index contributed by atoms with van der Waals surface area (Å²) in [7, 11) is 0. The number of carbonyl (C=O) groups is 1. The first-order valence-corrected chi connectivity index (χ1v) is 6.20. The van der Waals surface area contributed by atoms with Gasteiger partial charge in [-0.3, -0.25) is 0 Å². The molecule has 0 atom stereocenters. The van der Waals surface area contributed by atoms with Gasteiger partial charge in [0.2, 0.25) is 0 Å². The molecule has 1 fully saturated rings. The second kappa shape index (κ2) is 6.19. The van der Waals surface area contributed by atoms with E-state index < -0.39 is 18.4 Å². The van der Waals surface area contributed by atoms with Gasteiger partial charge in [-0.1, -0.05) is 0 Å². The lowest BCUT2D eigenvalue weighted by Gasteiger charge is -2.35. The van der Waals surface area contributed by atoms with Crippen molar-refractivity contribution < 1.29 is 13.9 Å². The summed E-state index contributed by atoms with van der Waals surface area (Å²) in [5, 5.41) is 3.23. The molecule has 0 saturated carbocycles. The van der Waals surface area contributed by atoms with Gasteiger partial charge in [-0.2, -0.15) is 0 Å². The van der Waals surface area contributed by atoms with E-state index in [0.29, 0.717) is 0 Å². The lowest BCUT2D eigenvalue weighted by atomic mass is 10.1. The zero-order valence-corrected chi connectivity index (χ0v) is 11.0. The van der Waals surface area contributed by atoms with E-state index in [4.69, 9.17) is 4.74 Å². The average molecular weight is 246 g/mol. The second-order valence-electron chi connectivity index (χ2n) is 5.34. The normalized spacial score (nSPS) is 17.9. The molecular weight excluding hydrogens is 223 g/mol. The van der Waals surface area contributed by atoms with Crippen LogP contribution in [0, 0.1) is 0 Å². The van der Waals surface area contributed by atoms with E-state index in [1.165, 1.54) is 4.90 Å². The summed E-state index contributed by atoms with van der Waals surface area (Å²) in [6.45, 7) is 6.80. The highest BCUT2D eigenvalue weighted by Gasteiger charge is 2.28. The van der Waals surface area contributed by atoms with E-state index in [1.807, 2.05) is 20.8 Å². The van der Waals surface area contributed by atoms with E-state index in [2.05, 4.69) is 5.32 Å². The van der Waals surface area contributed by atoms with Crippen LogP contribution in [-0.4, -0.2) is 48.9 Å². The molecule has 4 nitrogen and oxygen atoms in total. The molecule has 0 aromatic rings. The van der Waals surface area contributed by atoms with Gasteiger partial charge in [-0.05, 0) is 46.7 Å². The Kier molecular flexibility index (Phi) is 5.18. The van der Waals surface area contributed by atoms with Gasteiger partial charge in [-0.15, -0.1) is 0 Å². The number of alkyl halides is 1. The standard InChI is InChI=1S/C12H23FN2O2/c1-12(2,3)17-11(16)15(9-6-13)10-4-7-14-8-5-10/h10,14H,4-9H2,1-3H3. The smallest absolute Gasteiger partial charge is 0.410 e. The molecule has 0 aliphatic carbocycles. The topological polar surface area (TPSA) is 41.6 Å². The first-order valence-electron chi connectivity index (χ1n) is 6.20. The highest BCUT2D eigenvalue weighted by Crippen LogP contribution is 2.16. The van der Waals surface area contributed by atoms with Crippen LogP contribution in [0.25, 0.3) is 0 Å². The third kappa shape index (κ3) is 4.89. The Balaban J connectivity index is 2.60. The van der Waals surface area contributed by atoms with E-state index in [9.17, 15) is 9.18 Å². The van der Waals surface area contributed by atoms with Crippen LogP contribution in [0.2, 0.25) is 0 Å². The minimum absolute atomic E-state index is 0.0989. The molecule has 0 bridgehead atoms. The van der Waals surface area contributed by atoms with Crippen molar-refractivity contribution in [3.63, 3.8) is 0 Å². The van der Waals surface area contributed by atoms with Gasteiger partial charge in [0.25, 0.3) is 0 Å². The predicted octanol–water partition coefficient (Wildman–Crippen LogP) is 1.95. The van der Waals surface area contributed by atoms with Crippen LogP contribution in [-0.2, 0) is 4.74 Å². The van der Waals surface area contributed by atoms with Crippen molar-refractivity contribution in [3.8, 4) is 0 Å². The lowest BCUT2D eigenvalue weighted by Crippen LogP contribution is -2.48. The van der Waals surface area contributed by atoms with Gasteiger partial charge in [-0.25, -0.2) is 9.18 Å². The zero-order valence-electron chi connectivity index (χ0n) is 11.0. The van der Waals surface area contributed by atoms with Crippen molar-refractivity contribution >= 4 is 6.09 Å². The maximum absolute atomic E-state index is 12.5. The molecular formula is C12H23FN2O2. The third-order valence-electron chi connectivity index (χ3n) is 2.70. The largest absolute Gasteiger partial charge is 0.444 e. The maximum Gasteiger partial charge on any atom is 0.410 e. The molecule has 0 aromatic heterocycles. The number of halogens is 1. The number of amides is 1. The monoisotopic (exact) mass is 246 g/mol. The molecule has 0 unspecified atom stereocenters. The Morgan fingerprint density at radius 2 is 2.00 bits per heavy atom. The molecule has 17 heavy (non-hydrogen) atoms. The first-order chi connectivity index (χ1) is 7.94. The van der Waals surface area contributed by atoms with Crippen molar-refractivity contribution in [2.75, 3.05) is 26.3 Å². The Bertz CT molecular complexity index is 247. The lowest BCUT2D eigenvalue weighted by molar-refractivity contribution is 0.0116. The number of hydrogen-bond acceptors (Lipinski definition) is 3. The average Bonchev–Trinajstić information content (AvgIpc) is 2.24. The van der Waals surface area contributed by atoms with Crippen molar-refractivity contribution in [2.45, 2.75) is 45.3 Å². The Morgan fingerprint density at radius 3 is 2.47 bits per heavy atom. The molecule has 1 N–H and O–H groups in total. The van der Waals surface area contributed by atoms with Crippen molar-refractivity contribution in [1.29, 1.82) is 0 Å². The fourth-order valence-electron chi connectivity index (χ4n) is 1.95. The Hall–Kier alpha value is -0.840. The van der Waals surface area contributed by atoms with Crippen LogP contribution >= 0.6 is 0 Å². The fraction of sp³-hybridized carbons (Fsp3) is 0.917. The third-order valence-corrected chi connectivity index (χ3v) is 2.70. The van der Waals surface area contributed by atoms with Gasteiger partial charge in [0.05, 0.1) is 6.54 Å². The van der Waals surface area contributed by atoms with Gasteiger partial charge in [0.15, 0.2) is 0 Å². The van der Waals surface area contributed by atoms with Gasteiger partial charge in [0, 0.05) is 6.04 Å². The molecule has 1 saturated heterocycles. The fourth-order valence-corrected chi connectivity index (χ4v) is 1.95. The van der Waals surface area contributed by atoms with Gasteiger partial charge >= 0.3 is 6.09 Å². The summed E-state index contributed by atoms with van der Waals surface area (Å²) in [6.07, 6.45) is 1.32. The molecule has 1 aliphatic rings. The summed E-state index contributed by atoms with van der Waals surface area (Å²) in [5.74, 6) is 0. The second-order valence-corrected chi connectivity index (χ2v) is 5.34. The number of nitrogens with zero attached hydrogens (tertiary/aromatic N) is 1. The van der Waals surface area contributed by atoms with Crippen molar-refractivity contribution in [3.05, 3.63) is 0 Å². The summed E-state index contributed by atoms with van der Waals surface area (Å²) in [4.78, 5) is 13.5. The van der Waals surface area contributed by atoms with E-state index in [1.54, 1.807) is 0 Å². The number of rotatable bonds is 3. The van der Waals surface area contributed by atoms with Gasteiger partial charge < -0.3 is 15.0 Å². The van der Waals surface area contributed by atoms with Crippen LogP contribution in [0.4, 0.5) is 9.18 Å². The van der Waals surface area contributed by atoms with Crippen LogP contribution in [0.1, 0.15) is 33.6 Å².